The van der Waals surface area contributed by atoms with E-state index in [0.717, 1.165) is 19.4 Å². The molecule has 2 saturated heterocycles. The van der Waals surface area contributed by atoms with Gasteiger partial charge in [0, 0.05) is 37.9 Å². The van der Waals surface area contributed by atoms with E-state index in [1.54, 1.807) is 41.0 Å². The Morgan fingerprint density at radius 3 is 2.54 bits per heavy atom. The van der Waals surface area contributed by atoms with Crippen molar-refractivity contribution in [3.8, 4) is 0 Å². The van der Waals surface area contributed by atoms with Gasteiger partial charge in [0.2, 0.25) is 15.9 Å². The molecule has 1 aromatic carbocycles. The number of nitrogens with one attached hydrogen (secondary N) is 1. The second-order valence-electron chi connectivity index (χ2n) is 7.17. The maximum Gasteiger partial charge on any atom is 0.253 e. The predicted molar refractivity (Wildman–Crippen MR) is 99.4 cm³/mol. The molecule has 0 saturated carbocycles. The Kier molecular flexibility index (Phi) is 4.96. The molecule has 0 aromatic heterocycles. The molecule has 0 bridgehead atoms. The molecule has 3 rings (SSSR count). The number of rotatable bonds is 4. The highest BCUT2D eigenvalue weighted by atomic mass is 32.2. The summed E-state index contributed by atoms with van der Waals surface area (Å²) in [5.74, 6) is 0.0163. The van der Waals surface area contributed by atoms with E-state index in [4.69, 9.17) is 0 Å². The van der Waals surface area contributed by atoms with E-state index in [0.29, 0.717) is 30.8 Å². The lowest BCUT2D eigenvalue weighted by atomic mass is 9.78. The van der Waals surface area contributed by atoms with Crippen molar-refractivity contribution in [3.63, 3.8) is 0 Å². The minimum Gasteiger partial charge on any atom is -0.345 e. The second-order valence-corrected chi connectivity index (χ2v) is 9.18. The number of nitrogens with zero attached hydrogens (tertiary/aromatic N) is 2. The van der Waals surface area contributed by atoms with Gasteiger partial charge in [-0.2, -0.15) is 0 Å². The van der Waals surface area contributed by atoms with Crippen LogP contribution in [0.4, 0.5) is 5.69 Å². The number of benzene rings is 1. The fourth-order valence-electron chi connectivity index (χ4n) is 3.81. The van der Waals surface area contributed by atoms with Crippen LogP contribution in [0.5, 0.6) is 0 Å². The van der Waals surface area contributed by atoms with Gasteiger partial charge in [0.1, 0.15) is 0 Å². The van der Waals surface area contributed by atoms with Gasteiger partial charge < -0.3 is 9.80 Å². The minimum absolute atomic E-state index is 0.00792. The van der Waals surface area contributed by atoms with Gasteiger partial charge in [-0.1, -0.05) is 0 Å². The number of hydrogen-bond acceptors (Lipinski definition) is 4. The van der Waals surface area contributed by atoms with Gasteiger partial charge in [-0.25, -0.2) is 8.42 Å². The summed E-state index contributed by atoms with van der Waals surface area (Å²) in [6.45, 7) is 3.37. The molecule has 1 N–H and O–H groups in total. The maximum atomic E-state index is 12.8. The molecule has 2 amide bonds. The van der Waals surface area contributed by atoms with E-state index in [-0.39, 0.29) is 17.6 Å². The first-order valence-corrected chi connectivity index (χ1v) is 10.6. The van der Waals surface area contributed by atoms with Gasteiger partial charge in [-0.15, -0.1) is 0 Å². The number of carbonyl (C=O) groups excluding carboxylic acids is 2. The average Bonchev–Trinajstić information content (AvgIpc) is 3.04. The third-order valence-corrected chi connectivity index (χ3v) is 6.68. The van der Waals surface area contributed by atoms with Gasteiger partial charge in [0.15, 0.2) is 0 Å². The first-order chi connectivity index (χ1) is 12.3. The number of amides is 2. The van der Waals surface area contributed by atoms with Crippen molar-refractivity contribution in [3.05, 3.63) is 29.8 Å². The summed E-state index contributed by atoms with van der Waals surface area (Å²) in [5, 5.41) is 0. The SMILES string of the molecule is CCS(=O)(=O)Nc1ccc(C(=O)N2CC[C@]3(CCCN(C)C3=O)C2)cc1. The normalized spacial score (nSPS) is 23.5. The molecule has 2 aliphatic heterocycles. The lowest BCUT2D eigenvalue weighted by Gasteiger charge is -2.37. The average molecular weight is 379 g/mol. The molecule has 26 heavy (non-hydrogen) atoms. The molecular formula is C18H25N3O4S. The fraction of sp³-hybridized carbons (Fsp3) is 0.556. The van der Waals surface area contributed by atoms with Crippen LogP contribution in [-0.2, 0) is 14.8 Å². The summed E-state index contributed by atoms with van der Waals surface area (Å²) in [6, 6.07) is 6.42. The molecule has 2 heterocycles. The van der Waals surface area contributed by atoms with Crippen molar-refractivity contribution < 1.29 is 18.0 Å². The minimum atomic E-state index is -3.34. The van der Waals surface area contributed by atoms with E-state index < -0.39 is 15.4 Å². The molecule has 1 atom stereocenters. The van der Waals surface area contributed by atoms with Crippen LogP contribution in [0.15, 0.2) is 24.3 Å². The lowest BCUT2D eigenvalue weighted by molar-refractivity contribution is -0.143. The Bertz CT molecular complexity index is 806. The summed E-state index contributed by atoms with van der Waals surface area (Å²) < 4.78 is 25.7. The molecule has 0 aliphatic carbocycles. The molecule has 1 spiro atoms. The summed E-state index contributed by atoms with van der Waals surface area (Å²) in [7, 11) is -1.52. The highest BCUT2D eigenvalue weighted by molar-refractivity contribution is 7.92. The van der Waals surface area contributed by atoms with Crippen molar-refractivity contribution in [2.45, 2.75) is 26.2 Å². The van der Waals surface area contributed by atoms with E-state index in [2.05, 4.69) is 4.72 Å². The summed E-state index contributed by atoms with van der Waals surface area (Å²) in [5.41, 5.74) is 0.503. The first-order valence-electron chi connectivity index (χ1n) is 8.92. The highest BCUT2D eigenvalue weighted by Crippen LogP contribution is 2.40. The number of piperidine rings is 1. The summed E-state index contributed by atoms with van der Waals surface area (Å²) in [6.07, 6.45) is 2.50. The van der Waals surface area contributed by atoms with Crippen molar-refractivity contribution in [2.24, 2.45) is 5.41 Å². The van der Waals surface area contributed by atoms with Crippen LogP contribution in [0, 0.1) is 5.41 Å². The Labute approximate surface area is 154 Å². The van der Waals surface area contributed by atoms with Gasteiger partial charge in [-0.3, -0.25) is 14.3 Å². The monoisotopic (exact) mass is 379 g/mol. The fourth-order valence-corrected chi connectivity index (χ4v) is 4.45. The zero-order chi connectivity index (χ0) is 18.9. The molecule has 0 unspecified atom stereocenters. The van der Waals surface area contributed by atoms with Crippen molar-refractivity contribution in [1.29, 1.82) is 0 Å². The zero-order valence-corrected chi connectivity index (χ0v) is 16.0. The molecule has 8 heteroatoms. The summed E-state index contributed by atoms with van der Waals surface area (Å²) in [4.78, 5) is 28.9. The third kappa shape index (κ3) is 3.56. The number of anilines is 1. The van der Waals surface area contributed by atoms with Crippen LogP contribution in [0.1, 0.15) is 36.5 Å². The molecule has 7 nitrogen and oxygen atoms in total. The van der Waals surface area contributed by atoms with Gasteiger partial charge in [0.05, 0.1) is 11.2 Å². The lowest BCUT2D eigenvalue weighted by Crippen LogP contribution is -2.48. The smallest absolute Gasteiger partial charge is 0.253 e. The Morgan fingerprint density at radius 1 is 1.19 bits per heavy atom. The molecule has 2 aliphatic rings. The Balaban J connectivity index is 1.69. The van der Waals surface area contributed by atoms with E-state index in [9.17, 15) is 18.0 Å². The standard InChI is InChI=1S/C18H25N3O4S/c1-3-26(24,25)19-15-7-5-14(6-8-15)16(22)21-12-10-18(13-21)9-4-11-20(2)17(18)23/h5-8,19H,3-4,9-13H2,1-2H3/t18-/m1/s1. The van der Waals surface area contributed by atoms with E-state index >= 15 is 0 Å². The number of sulfonamides is 1. The zero-order valence-electron chi connectivity index (χ0n) is 15.2. The van der Waals surface area contributed by atoms with Gasteiger partial charge >= 0.3 is 0 Å². The Morgan fingerprint density at radius 2 is 1.88 bits per heavy atom. The largest absolute Gasteiger partial charge is 0.345 e. The number of carbonyl (C=O) groups is 2. The first kappa shape index (κ1) is 18.7. The molecule has 2 fully saturated rings. The van der Waals surface area contributed by atoms with E-state index in [1.165, 1.54) is 0 Å². The van der Waals surface area contributed by atoms with Crippen LogP contribution in [0.3, 0.4) is 0 Å². The van der Waals surface area contributed by atoms with Crippen LogP contribution < -0.4 is 4.72 Å². The maximum absolute atomic E-state index is 12.8. The van der Waals surface area contributed by atoms with Gasteiger partial charge in [0.25, 0.3) is 5.91 Å². The molecule has 0 radical (unpaired) electrons. The van der Waals surface area contributed by atoms with Crippen LogP contribution in [0.25, 0.3) is 0 Å². The van der Waals surface area contributed by atoms with Crippen molar-refractivity contribution in [2.75, 3.05) is 37.2 Å². The third-order valence-electron chi connectivity index (χ3n) is 5.38. The second kappa shape index (κ2) is 6.90. The Hall–Kier alpha value is -2.09. The number of likely N-dealkylation sites (tertiary alicyclic amines) is 2. The van der Waals surface area contributed by atoms with E-state index in [1.807, 2.05) is 7.05 Å². The predicted octanol–water partition coefficient (Wildman–Crippen LogP) is 1.53. The van der Waals surface area contributed by atoms with Gasteiger partial charge in [-0.05, 0) is 50.5 Å². The quantitative estimate of drug-likeness (QED) is 0.860. The van der Waals surface area contributed by atoms with Crippen LogP contribution in [-0.4, -0.2) is 62.5 Å². The topological polar surface area (TPSA) is 86.8 Å². The van der Waals surface area contributed by atoms with Crippen LogP contribution >= 0.6 is 0 Å². The molecule has 1 aromatic rings. The van der Waals surface area contributed by atoms with Crippen molar-refractivity contribution >= 4 is 27.5 Å². The number of hydrogen-bond donors (Lipinski definition) is 1. The van der Waals surface area contributed by atoms with Crippen LogP contribution in [0.2, 0.25) is 0 Å². The molecular weight excluding hydrogens is 354 g/mol. The highest BCUT2D eigenvalue weighted by Gasteiger charge is 2.48. The summed E-state index contributed by atoms with van der Waals surface area (Å²) >= 11 is 0. The van der Waals surface area contributed by atoms with Crippen molar-refractivity contribution in [1.82, 2.24) is 9.80 Å². The molecule has 142 valence electrons.